The Bertz CT molecular complexity index is 985. The minimum Gasteiger partial charge on any atom is -0.484 e. The molecule has 2 aromatic carbocycles. The van der Waals surface area contributed by atoms with E-state index >= 15 is 0 Å². The number of imide groups is 1. The number of hydrazone groups is 1. The number of aromatic amines is 1. The molecule has 0 unspecified atom stereocenters. The highest BCUT2D eigenvalue weighted by atomic mass is 16.5. The highest BCUT2D eigenvalue weighted by molar-refractivity contribution is 6.10. The molecule has 2 heterocycles. The first-order valence-corrected chi connectivity index (χ1v) is 8.31. The summed E-state index contributed by atoms with van der Waals surface area (Å²) >= 11 is 0. The van der Waals surface area contributed by atoms with Crippen molar-refractivity contribution in [2.24, 2.45) is 5.10 Å². The van der Waals surface area contributed by atoms with Gasteiger partial charge in [0.05, 0.1) is 6.42 Å². The summed E-state index contributed by atoms with van der Waals surface area (Å²) in [5.74, 6) is -0.220. The van der Waals surface area contributed by atoms with Crippen LogP contribution in [0.1, 0.15) is 13.3 Å². The van der Waals surface area contributed by atoms with Gasteiger partial charge in [0.25, 0.3) is 11.8 Å². The largest absolute Gasteiger partial charge is 0.484 e. The third-order valence-electron chi connectivity index (χ3n) is 4.21. The van der Waals surface area contributed by atoms with Crippen molar-refractivity contribution < 1.29 is 14.3 Å². The molecule has 2 amide bonds. The molecule has 0 saturated heterocycles. The topological polar surface area (TPSA) is 74.8 Å². The summed E-state index contributed by atoms with van der Waals surface area (Å²) in [5, 5.41) is 5.96. The van der Waals surface area contributed by atoms with E-state index in [0.717, 1.165) is 27.2 Å². The van der Waals surface area contributed by atoms with Gasteiger partial charge in [-0.1, -0.05) is 18.2 Å². The number of hydrogen-bond acceptors (Lipinski definition) is 4. The molecule has 3 aromatic rings. The molecule has 0 spiro atoms. The van der Waals surface area contributed by atoms with Crippen LogP contribution >= 0.6 is 0 Å². The molecule has 0 bridgehead atoms. The van der Waals surface area contributed by atoms with Gasteiger partial charge in [-0.2, -0.15) is 10.1 Å². The Morgan fingerprint density at radius 2 is 1.96 bits per heavy atom. The lowest BCUT2D eigenvalue weighted by atomic mass is 10.1. The lowest BCUT2D eigenvalue weighted by molar-refractivity contribution is -0.144. The van der Waals surface area contributed by atoms with Crippen molar-refractivity contribution in [3.8, 4) is 17.0 Å². The molecule has 1 aliphatic rings. The van der Waals surface area contributed by atoms with Crippen LogP contribution in [0.5, 0.6) is 5.75 Å². The lowest BCUT2D eigenvalue weighted by Crippen LogP contribution is -2.32. The maximum Gasteiger partial charge on any atom is 0.287 e. The fraction of sp³-hybridized carbons (Fsp3) is 0.150. The Kier molecular flexibility index (Phi) is 4.01. The van der Waals surface area contributed by atoms with Gasteiger partial charge in [0.15, 0.2) is 6.61 Å². The van der Waals surface area contributed by atoms with E-state index < -0.39 is 5.91 Å². The molecule has 1 aromatic heterocycles. The van der Waals surface area contributed by atoms with E-state index in [-0.39, 0.29) is 18.9 Å². The number of para-hydroxylation sites is 1. The summed E-state index contributed by atoms with van der Waals surface area (Å²) in [6.07, 6.45) is 0.185. The minimum absolute atomic E-state index is 0.185. The van der Waals surface area contributed by atoms with Crippen molar-refractivity contribution in [3.05, 3.63) is 54.6 Å². The van der Waals surface area contributed by atoms with Gasteiger partial charge in [0.1, 0.15) is 5.75 Å². The number of carbonyl (C=O) groups excluding carboxylic acids is 2. The molecule has 4 rings (SSSR count). The van der Waals surface area contributed by atoms with Crippen molar-refractivity contribution in [1.29, 1.82) is 0 Å². The van der Waals surface area contributed by atoms with E-state index in [2.05, 4.69) is 22.2 Å². The number of H-pyrrole nitrogens is 1. The first-order valence-electron chi connectivity index (χ1n) is 8.31. The Morgan fingerprint density at radius 1 is 1.19 bits per heavy atom. The van der Waals surface area contributed by atoms with Crippen LogP contribution in [0.2, 0.25) is 0 Å². The summed E-state index contributed by atoms with van der Waals surface area (Å²) in [6.45, 7) is 1.49. The standard InChI is InChI=1S/C20H17N3O3/c1-13-10-19(24)23(22-13)20(25)12-26-16-8-6-14(7-9-16)18-11-15-4-2-3-5-17(15)21-18/h2-9,11,21H,10,12H2,1H3. The SMILES string of the molecule is CC1=NN(C(=O)COc2ccc(-c3cc4ccccc4[nH]3)cc2)C(=O)C1. The number of aromatic nitrogens is 1. The average molecular weight is 347 g/mol. The fourth-order valence-corrected chi connectivity index (χ4v) is 2.92. The second-order valence-corrected chi connectivity index (χ2v) is 6.19. The lowest BCUT2D eigenvalue weighted by Gasteiger charge is -2.11. The van der Waals surface area contributed by atoms with E-state index in [4.69, 9.17) is 4.74 Å². The predicted molar refractivity (Wildman–Crippen MR) is 98.8 cm³/mol. The van der Waals surface area contributed by atoms with Crippen LogP contribution in [0.3, 0.4) is 0 Å². The van der Waals surface area contributed by atoms with Gasteiger partial charge in [0, 0.05) is 22.3 Å². The molecule has 0 atom stereocenters. The molecule has 6 nitrogen and oxygen atoms in total. The molecular weight excluding hydrogens is 330 g/mol. The molecule has 0 fully saturated rings. The van der Waals surface area contributed by atoms with Crippen LogP contribution in [0, 0.1) is 0 Å². The number of amides is 2. The third-order valence-corrected chi connectivity index (χ3v) is 4.21. The van der Waals surface area contributed by atoms with Crippen LogP contribution < -0.4 is 4.74 Å². The van der Waals surface area contributed by atoms with Gasteiger partial charge in [-0.25, -0.2) is 0 Å². The number of fused-ring (bicyclic) bond motifs is 1. The van der Waals surface area contributed by atoms with Crippen molar-refractivity contribution in [2.45, 2.75) is 13.3 Å². The zero-order valence-electron chi connectivity index (χ0n) is 14.2. The fourth-order valence-electron chi connectivity index (χ4n) is 2.92. The summed E-state index contributed by atoms with van der Waals surface area (Å²) in [5.41, 5.74) is 3.75. The second-order valence-electron chi connectivity index (χ2n) is 6.19. The smallest absolute Gasteiger partial charge is 0.287 e. The first kappa shape index (κ1) is 16.1. The molecule has 0 aliphatic carbocycles. The van der Waals surface area contributed by atoms with Crippen LogP contribution in [-0.2, 0) is 9.59 Å². The number of ether oxygens (including phenoxy) is 1. The minimum atomic E-state index is -0.466. The van der Waals surface area contributed by atoms with Gasteiger partial charge >= 0.3 is 0 Å². The third kappa shape index (κ3) is 3.09. The maximum absolute atomic E-state index is 12.0. The number of hydrogen-bond donors (Lipinski definition) is 1. The van der Waals surface area contributed by atoms with Gasteiger partial charge < -0.3 is 9.72 Å². The van der Waals surface area contributed by atoms with E-state index in [1.165, 1.54) is 0 Å². The Labute approximate surface area is 150 Å². The molecule has 6 heteroatoms. The van der Waals surface area contributed by atoms with E-state index in [0.29, 0.717) is 11.5 Å². The number of rotatable bonds is 4. The normalized spacial score (nSPS) is 14.0. The van der Waals surface area contributed by atoms with Crippen LogP contribution in [0.25, 0.3) is 22.2 Å². The van der Waals surface area contributed by atoms with E-state index in [1.54, 1.807) is 19.1 Å². The van der Waals surface area contributed by atoms with Crippen molar-refractivity contribution in [3.63, 3.8) is 0 Å². The van der Waals surface area contributed by atoms with Gasteiger partial charge in [0.2, 0.25) is 0 Å². The summed E-state index contributed by atoms with van der Waals surface area (Å²) in [4.78, 5) is 27.0. The second kappa shape index (κ2) is 6.48. The van der Waals surface area contributed by atoms with Crippen molar-refractivity contribution in [1.82, 2.24) is 9.99 Å². The van der Waals surface area contributed by atoms with E-state index in [1.807, 2.05) is 30.3 Å². The molecule has 0 saturated carbocycles. The van der Waals surface area contributed by atoms with Crippen molar-refractivity contribution in [2.75, 3.05) is 6.61 Å². The van der Waals surface area contributed by atoms with E-state index in [9.17, 15) is 9.59 Å². The van der Waals surface area contributed by atoms with Gasteiger partial charge in [-0.3, -0.25) is 9.59 Å². The average Bonchev–Trinajstić information content (AvgIpc) is 3.22. The number of benzene rings is 2. The number of carbonyl (C=O) groups is 2. The van der Waals surface area contributed by atoms with Crippen molar-refractivity contribution >= 4 is 28.4 Å². The summed E-state index contributed by atoms with van der Waals surface area (Å²) in [6, 6.07) is 17.6. The highest BCUT2D eigenvalue weighted by Crippen LogP contribution is 2.25. The van der Waals surface area contributed by atoms with Gasteiger partial charge in [-0.15, -0.1) is 0 Å². The molecule has 130 valence electrons. The van der Waals surface area contributed by atoms with Crippen LogP contribution in [0.15, 0.2) is 59.7 Å². The maximum atomic E-state index is 12.0. The quantitative estimate of drug-likeness (QED) is 0.786. The Balaban J connectivity index is 1.43. The Morgan fingerprint density at radius 3 is 2.65 bits per heavy atom. The summed E-state index contributed by atoms with van der Waals surface area (Å²) in [7, 11) is 0. The number of nitrogens with one attached hydrogen (secondary N) is 1. The van der Waals surface area contributed by atoms with Gasteiger partial charge in [-0.05, 0) is 48.9 Å². The zero-order valence-corrected chi connectivity index (χ0v) is 14.2. The molecule has 1 N–H and O–H groups in total. The molecule has 26 heavy (non-hydrogen) atoms. The predicted octanol–water partition coefficient (Wildman–Crippen LogP) is 3.35. The number of nitrogens with zero attached hydrogens (tertiary/aromatic N) is 2. The zero-order chi connectivity index (χ0) is 18.1. The molecular formula is C20H17N3O3. The molecule has 1 aliphatic heterocycles. The van der Waals surface area contributed by atoms with Crippen LogP contribution in [0.4, 0.5) is 0 Å². The summed E-state index contributed by atoms with van der Waals surface area (Å²) < 4.78 is 5.49. The molecule has 0 radical (unpaired) electrons. The Hall–Kier alpha value is -3.41. The van der Waals surface area contributed by atoms with Crippen LogP contribution in [-0.4, -0.2) is 34.1 Å². The first-order chi connectivity index (χ1) is 12.6. The monoisotopic (exact) mass is 347 g/mol. The highest BCUT2D eigenvalue weighted by Gasteiger charge is 2.27.